The Morgan fingerprint density at radius 3 is 0.516 bits per heavy atom. The second kappa shape index (κ2) is 58.6. The molecule has 4 amide bonds. The third-order valence-electron chi connectivity index (χ3n) is 25.9. The van der Waals surface area contributed by atoms with Gasteiger partial charge in [-0.05, 0) is 62.8 Å². The Balaban J connectivity index is 1.05. The second-order valence-corrected chi connectivity index (χ2v) is 37.9. The molecule has 0 bridgehead atoms. The number of carbonyl (C=O) groups excluding carboxylic acids is 4. The first-order chi connectivity index (χ1) is 60.8. The Morgan fingerprint density at radius 1 is 0.194 bits per heavy atom. The Morgan fingerprint density at radius 2 is 0.347 bits per heavy atom. The van der Waals surface area contributed by atoms with Crippen LogP contribution < -0.4 is 38.2 Å². The molecule has 2 aliphatic rings. The first kappa shape index (κ1) is 102. The van der Waals surface area contributed by atoms with E-state index in [0.717, 1.165) is 116 Å². The number of hydrogen-bond donors (Lipinski definition) is 0. The van der Waals surface area contributed by atoms with E-state index in [1.54, 1.807) is 48.5 Å². The maximum Gasteiger partial charge on any atom is 0.266 e. The van der Waals surface area contributed by atoms with Crippen molar-refractivity contribution in [2.45, 2.75) is 427 Å². The molecule has 0 saturated heterocycles. The van der Waals surface area contributed by atoms with Gasteiger partial charge in [-0.1, -0.05) is 435 Å². The van der Waals surface area contributed by atoms with Gasteiger partial charge < -0.3 is 28.4 Å². The molecular formula is C108H158Cl4N2O10. The Kier molecular flexibility index (Phi) is 48.1. The highest BCUT2D eigenvalue weighted by Crippen LogP contribution is 2.56. The summed E-state index contributed by atoms with van der Waals surface area (Å²) in [6.45, 7) is 16.1. The van der Waals surface area contributed by atoms with Gasteiger partial charge in [-0.2, -0.15) is 0 Å². The normalized spacial score (nSPS) is 12.8. The van der Waals surface area contributed by atoms with Crippen LogP contribution in [0.2, 0.25) is 20.1 Å². The largest absolute Gasteiger partial charge is 0.489 e. The number of imide groups is 2. The van der Waals surface area contributed by atoms with E-state index in [4.69, 9.17) is 74.8 Å². The summed E-state index contributed by atoms with van der Waals surface area (Å²) in [7, 11) is 0. The van der Waals surface area contributed by atoms with Crippen LogP contribution in [-0.4, -0.2) is 63.3 Å². The van der Waals surface area contributed by atoms with Gasteiger partial charge in [0, 0.05) is 87.4 Å². The highest BCUT2D eigenvalue weighted by molar-refractivity contribution is 6.57. The van der Waals surface area contributed by atoms with Crippen molar-refractivity contribution in [1.29, 1.82) is 0 Å². The van der Waals surface area contributed by atoms with Crippen LogP contribution in [0.1, 0.15) is 468 Å². The van der Waals surface area contributed by atoms with Crippen LogP contribution >= 0.6 is 46.4 Å². The number of amides is 4. The highest BCUT2D eigenvalue weighted by atomic mass is 35.5. The minimum absolute atomic E-state index is 0.141. The molecular weight excluding hydrogens is 1630 g/mol. The van der Waals surface area contributed by atoms with E-state index in [-0.39, 0.29) is 53.7 Å². The molecule has 9 rings (SSSR count). The van der Waals surface area contributed by atoms with Gasteiger partial charge in [-0.15, -0.1) is 0 Å². The molecule has 0 spiro atoms. The minimum Gasteiger partial charge on any atom is -0.489 e. The van der Waals surface area contributed by atoms with E-state index < -0.39 is 23.6 Å². The number of halogens is 4. The predicted molar refractivity (Wildman–Crippen MR) is 527 cm³/mol. The molecule has 2 heterocycles. The number of ether oxygens (including phenoxy) is 6. The summed E-state index contributed by atoms with van der Waals surface area (Å²) in [4.78, 5) is 66.1. The van der Waals surface area contributed by atoms with Crippen molar-refractivity contribution in [2.75, 3.05) is 49.4 Å². The van der Waals surface area contributed by atoms with Gasteiger partial charge in [0.1, 0.15) is 0 Å². The smallest absolute Gasteiger partial charge is 0.266 e. The average molecular weight is 1790 g/mol. The van der Waals surface area contributed by atoms with Crippen molar-refractivity contribution in [3.63, 3.8) is 0 Å². The summed E-state index contributed by atoms with van der Waals surface area (Å²) in [5.41, 5.74) is 1.16. The quantitative estimate of drug-likeness (QED) is 0.0157. The SMILES string of the molecule is CCCCCCCCCCCCOc1cc(N2C(=O)c3cc(Cl)c4c5c(Cl)cc6c7c(cc(Cl)c(c8c(Cl)cc(c3c48)C2=O)c75)C(=O)N(c2cc(OCCCCCCCCCCCC)c(OCCCCCCCCCCCC)c(OCCCCCCCCCCCC)c2)C6=O)cc(OCCCCCCCCCCCC)c1OCCCCCCCCCCCC. The summed E-state index contributed by atoms with van der Waals surface area (Å²) in [5, 5.41) is 3.60. The molecule has 16 heteroatoms. The molecule has 688 valence electrons. The van der Waals surface area contributed by atoms with Gasteiger partial charge in [0.05, 0.1) is 73.3 Å². The fraction of sp³-hybridized carbons (Fsp3) is 0.667. The van der Waals surface area contributed by atoms with Crippen LogP contribution in [0.25, 0.3) is 43.1 Å². The zero-order valence-corrected chi connectivity index (χ0v) is 80.8. The van der Waals surface area contributed by atoms with Crippen molar-refractivity contribution in [3.8, 4) is 34.5 Å². The van der Waals surface area contributed by atoms with Gasteiger partial charge in [0.2, 0.25) is 11.5 Å². The monoisotopic (exact) mass is 1780 g/mol. The van der Waals surface area contributed by atoms with Crippen molar-refractivity contribution >= 4 is 124 Å². The lowest BCUT2D eigenvalue weighted by Gasteiger charge is -2.32. The van der Waals surface area contributed by atoms with Gasteiger partial charge >= 0.3 is 0 Å². The van der Waals surface area contributed by atoms with Crippen LogP contribution in [0.4, 0.5) is 11.4 Å². The molecule has 0 aromatic heterocycles. The molecule has 124 heavy (non-hydrogen) atoms. The lowest BCUT2D eigenvalue weighted by Crippen LogP contribution is -2.41. The van der Waals surface area contributed by atoms with Crippen molar-refractivity contribution in [2.24, 2.45) is 0 Å². The van der Waals surface area contributed by atoms with Crippen LogP contribution in [0.3, 0.4) is 0 Å². The number of unbranched alkanes of at least 4 members (excludes halogenated alkanes) is 54. The first-order valence-electron chi connectivity index (χ1n) is 50.7. The fourth-order valence-electron chi connectivity index (χ4n) is 18.6. The van der Waals surface area contributed by atoms with Crippen molar-refractivity contribution < 1.29 is 47.6 Å². The molecule has 7 aromatic carbocycles. The molecule has 7 aromatic rings. The van der Waals surface area contributed by atoms with Crippen LogP contribution in [0.15, 0.2) is 48.5 Å². The second-order valence-electron chi connectivity index (χ2n) is 36.2. The van der Waals surface area contributed by atoms with Crippen LogP contribution in [0.5, 0.6) is 34.5 Å². The molecule has 12 nitrogen and oxygen atoms in total. The molecule has 0 atom stereocenters. The maximum atomic E-state index is 15.9. The summed E-state index contributed by atoms with van der Waals surface area (Å²) in [6, 6.07) is 13.4. The van der Waals surface area contributed by atoms with E-state index in [9.17, 15) is 0 Å². The molecule has 0 aliphatic carbocycles. The molecule has 0 fully saturated rings. The van der Waals surface area contributed by atoms with E-state index in [1.165, 1.54) is 279 Å². The fourth-order valence-corrected chi connectivity index (χ4v) is 19.8. The van der Waals surface area contributed by atoms with Crippen LogP contribution in [0, 0.1) is 0 Å². The van der Waals surface area contributed by atoms with E-state index in [2.05, 4.69) is 41.5 Å². The standard InChI is InChI=1S/C108H158Cl4N2O10/c1-7-13-19-25-31-37-43-49-55-61-67-119-91-73-81(74-92(120-68-62-56-50-44-38-32-26-20-14-8-2)103(91)123-71-65-59-53-47-41-35-29-23-17-11-5)113-105(115)83-77-87(109)97-99-89(111)79-85-96-86(80-90(112)100(102(96)99)98-88(110)78-84(106(113)116)95(83)101(97)98)108(118)114(107(85)117)82-75-93(121-69-63-57-51-45-39-33-27-21-15-9-3)104(124-72-66-60-54-48-42-36-30-24-18-12-6)94(76-82)122-70-64-58-52-46-40-34-28-22-16-10-4/h73-80H,7-72H2,1-6H3. The molecule has 0 unspecified atom stereocenters. The minimum atomic E-state index is -0.613. The summed E-state index contributed by atoms with van der Waals surface area (Å²) in [6.07, 6.45) is 70.8. The van der Waals surface area contributed by atoms with E-state index in [0.29, 0.717) is 117 Å². The van der Waals surface area contributed by atoms with Gasteiger partial charge in [-0.25, -0.2) is 9.80 Å². The number of rotatable bonds is 74. The van der Waals surface area contributed by atoms with Crippen molar-refractivity contribution in [1.82, 2.24) is 0 Å². The third kappa shape index (κ3) is 30.6. The molecule has 0 N–H and O–H groups in total. The van der Waals surface area contributed by atoms with Gasteiger partial charge in [0.25, 0.3) is 23.6 Å². The van der Waals surface area contributed by atoms with Gasteiger partial charge in [0.15, 0.2) is 23.0 Å². The maximum absolute atomic E-state index is 15.9. The Bertz CT molecular complexity index is 3830. The third-order valence-corrected chi connectivity index (χ3v) is 27.1. The topological polar surface area (TPSA) is 130 Å². The van der Waals surface area contributed by atoms with Gasteiger partial charge in [-0.3, -0.25) is 19.2 Å². The summed E-state index contributed by atoms with van der Waals surface area (Å²) in [5.74, 6) is 0.129. The zero-order valence-electron chi connectivity index (χ0n) is 77.8. The van der Waals surface area contributed by atoms with Crippen molar-refractivity contribution in [3.05, 3.63) is 90.9 Å². The Labute approximate surface area is 768 Å². The first-order valence-corrected chi connectivity index (χ1v) is 52.2. The zero-order chi connectivity index (χ0) is 87.9. The van der Waals surface area contributed by atoms with E-state index in [1.807, 2.05) is 0 Å². The van der Waals surface area contributed by atoms with E-state index >= 15 is 19.2 Å². The number of anilines is 2. The lowest BCUT2D eigenvalue weighted by atomic mass is 9.82. The number of nitrogens with zero attached hydrogens (tertiary/aromatic N) is 2. The molecule has 0 radical (unpaired) electrons. The average Bonchev–Trinajstić information content (AvgIpc) is 0.674. The number of fused-ring (bicyclic) bond motifs is 2. The molecule has 0 saturated carbocycles. The number of hydrogen-bond acceptors (Lipinski definition) is 10. The number of benzene rings is 7. The highest BCUT2D eigenvalue weighted by Gasteiger charge is 2.42. The molecule has 2 aliphatic heterocycles. The summed E-state index contributed by atoms with van der Waals surface area (Å²) < 4.78 is 40.9. The van der Waals surface area contributed by atoms with Crippen LogP contribution in [-0.2, 0) is 0 Å². The predicted octanol–water partition coefficient (Wildman–Crippen LogP) is 35.8. The lowest BCUT2D eigenvalue weighted by molar-refractivity contribution is 0.0877. The Hall–Kier alpha value is -5.92. The summed E-state index contributed by atoms with van der Waals surface area (Å²) >= 11 is 30.9. The number of carbonyl (C=O) groups is 4.